The van der Waals surface area contributed by atoms with E-state index >= 15 is 0 Å². The van der Waals surface area contributed by atoms with Gasteiger partial charge in [0.05, 0.1) is 16.4 Å². The summed E-state index contributed by atoms with van der Waals surface area (Å²) >= 11 is 0. The van der Waals surface area contributed by atoms with Gasteiger partial charge in [0, 0.05) is 12.6 Å². The van der Waals surface area contributed by atoms with Gasteiger partial charge in [-0.3, -0.25) is 0 Å². The number of rotatable bonds is 4. The fourth-order valence-corrected chi connectivity index (χ4v) is 5.56. The van der Waals surface area contributed by atoms with Crippen LogP contribution in [0, 0.1) is 6.92 Å². The topological polar surface area (TPSA) is 106 Å². The summed E-state index contributed by atoms with van der Waals surface area (Å²) in [5.41, 5.74) is 7.24. The van der Waals surface area contributed by atoms with Gasteiger partial charge in [0.25, 0.3) is 0 Å². The molecule has 0 aliphatic carbocycles. The van der Waals surface area contributed by atoms with Crippen molar-refractivity contribution in [3.8, 4) is 0 Å². The van der Waals surface area contributed by atoms with Crippen LogP contribution in [-0.2, 0) is 26.4 Å². The summed E-state index contributed by atoms with van der Waals surface area (Å²) in [5, 5.41) is 0. The van der Waals surface area contributed by atoms with Crippen molar-refractivity contribution in [1.82, 2.24) is 4.72 Å². The van der Waals surface area contributed by atoms with E-state index in [2.05, 4.69) is 4.72 Å². The zero-order valence-electron chi connectivity index (χ0n) is 11.9. The van der Waals surface area contributed by atoms with E-state index in [1.54, 1.807) is 19.1 Å². The molecule has 1 unspecified atom stereocenters. The van der Waals surface area contributed by atoms with E-state index < -0.39 is 25.9 Å². The number of hydrogen-bond acceptors (Lipinski definition) is 5. The molecule has 1 aliphatic heterocycles. The van der Waals surface area contributed by atoms with Crippen LogP contribution in [0.4, 0.5) is 0 Å². The van der Waals surface area contributed by atoms with E-state index in [9.17, 15) is 16.8 Å². The minimum Gasteiger partial charge on any atom is -0.326 e. The molecule has 1 atom stereocenters. The standard InChI is InChI=1S/C13H20N2O4S2/c1-10-7-13(5-4-11(10)8-14)21(18,19)15-12-3-2-6-20(16,17)9-12/h4-5,7,12,15H,2-3,6,8-9,14H2,1H3. The molecular formula is C13H20N2O4S2. The summed E-state index contributed by atoms with van der Waals surface area (Å²) in [4.78, 5) is 0.139. The first-order valence-corrected chi connectivity index (χ1v) is 10.1. The highest BCUT2D eigenvalue weighted by molar-refractivity contribution is 7.91. The zero-order chi connectivity index (χ0) is 15.7. The first kappa shape index (κ1) is 16.4. The average Bonchev–Trinajstić information content (AvgIpc) is 2.36. The molecule has 8 heteroatoms. The van der Waals surface area contributed by atoms with Gasteiger partial charge in [0.1, 0.15) is 0 Å². The van der Waals surface area contributed by atoms with Crippen LogP contribution >= 0.6 is 0 Å². The number of hydrogen-bond donors (Lipinski definition) is 2. The van der Waals surface area contributed by atoms with Crippen LogP contribution in [0.25, 0.3) is 0 Å². The Hall–Kier alpha value is -0.960. The van der Waals surface area contributed by atoms with Crippen LogP contribution in [0.2, 0.25) is 0 Å². The largest absolute Gasteiger partial charge is 0.326 e. The zero-order valence-corrected chi connectivity index (χ0v) is 13.5. The van der Waals surface area contributed by atoms with E-state index in [0.717, 1.165) is 11.1 Å². The Morgan fingerprint density at radius 2 is 2.10 bits per heavy atom. The van der Waals surface area contributed by atoms with Gasteiger partial charge in [-0.1, -0.05) is 6.07 Å². The lowest BCUT2D eigenvalue weighted by Crippen LogP contribution is -2.43. The van der Waals surface area contributed by atoms with Crippen molar-refractivity contribution >= 4 is 19.9 Å². The Morgan fingerprint density at radius 1 is 1.38 bits per heavy atom. The van der Waals surface area contributed by atoms with E-state index in [0.29, 0.717) is 19.4 Å². The molecule has 6 nitrogen and oxygen atoms in total. The molecule has 1 heterocycles. The Morgan fingerprint density at radius 3 is 2.67 bits per heavy atom. The van der Waals surface area contributed by atoms with E-state index in [1.807, 2.05) is 0 Å². The third-order valence-electron chi connectivity index (χ3n) is 3.63. The Balaban J connectivity index is 2.20. The van der Waals surface area contributed by atoms with Crippen molar-refractivity contribution in [2.75, 3.05) is 11.5 Å². The Labute approximate surface area is 125 Å². The normalized spacial score (nSPS) is 22.1. The first-order chi connectivity index (χ1) is 9.73. The Kier molecular flexibility index (Phi) is 4.72. The molecule has 0 radical (unpaired) electrons. The molecule has 1 aromatic carbocycles. The molecule has 3 N–H and O–H groups in total. The van der Waals surface area contributed by atoms with Crippen molar-refractivity contribution in [3.05, 3.63) is 29.3 Å². The van der Waals surface area contributed by atoms with E-state index in [4.69, 9.17) is 5.73 Å². The second-order valence-electron chi connectivity index (χ2n) is 5.37. The highest BCUT2D eigenvalue weighted by Gasteiger charge is 2.28. The van der Waals surface area contributed by atoms with Crippen LogP contribution < -0.4 is 10.5 Å². The van der Waals surface area contributed by atoms with Gasteiger partial charge in [-0.25, -0.2) is 21.6 Å². The average molecular weight is 332 g/mol. The van der Waals surface area contributed by atoms with Gasteiger partial charge in [-0.05, 0) is 43.0 Å². The summed E-state index contributed by atoms with van der Waals surface area (Å²) in [7, 11) is -6.86. The molecule has 0 amide bonds. The predicted octanol–water partition coefficient (Wildman–Crippen LogP) is 0.309. The summed E-state index contributed by atoms with van der Waals surface area (Å²) in [6.07, 6.45) is 1.03. The smallest absolute Gasteiger partial charge is 0.240 e. The van der Waals surface area contributed by atoms with Crippen molar-refractivity contribution in [2.24, 2.45) is 5.73 Å². The Bertz CT molecular complexity index is 727. The van der Waals surface area contributed by atoms with E-state index in [1.165, 1.54) is 6.07 Å². The number of sulfone groups is 1. The number of benzene rings is 1. The fraction of sp³-hybridized carbons (Fsp3) is 0.538. The minimum absolute atomic E-state index is 0.133. The number of aryl methyl sites for hydroxylation is 1. The molecule has 0 spiro atoms. The lowest BCUT2D eigenvalue weighted by atomic mass is 10.1. The summed E-state index contributed by atoms with van der Waals surface area (Å²) in [5.74, 6) is 0.00162. The summed E-state index contributed by atoms with van der Waals surface area (Å²) in [6.45, 7) is 2.15. The fourth-order valence-electron chi connectivity index (χ4n) is 2.47. The number of nitrogens with two attached hydrogens (primary N) is 1. The van der Waals surface area contributed by atoms with Crippen LogP contribution in [0.5, 0.6) is 0 Å². The molecule has 118 valence electrons. The van der Waals surface area contributed by atoms with Crippen molar-refractivity contribution in [1.29, 1.82) is 0 Å². The molecule has 1 aromatic rings. The van der Waals surface area contributed by atoms with Gasteiger partial charge in [-0.15, -0.1) is 0 Å². The number of nitrogens with one attached hydrogen (secondary N) is 1. The first-order valence-electron chi connectivity index (χ1n) is 6.76. The molecule has 0 saturated carbocycles. The monoisotopic (exact) mass is 332 g/mol. The van der Waals surface area contributed by atoms with Crippen LogP contribution in [0.1, 0.15) is 24.0 Å². The van der Waals surface area contributed by atoms with Crippen molar-refractivity contribution < 1.29 is 16.8 Å². The maximum Gasteiger partial charge on any atom is 0.240 e. The van der Waals surface area contributed by atoms with E-state index in [-0.39, 0.29) is 16.4 Å². The second-order valence-corrected chi connectivity index (χ2v) is 9.31. The summed E-state index contributed by atoms with van der Waals surface area (Å²) < 4.78 is 50.3. The maximum atomic E-state index is 12.3. The highest BCUT2D eigenvalue weighted by Crippen LogP contribution is 2.18. The number of sulfonamides is 1. The van der Waals surface area contributed by atoms with Crippen LogP contribution in [0.15, 0.2) is 23.1 Å². The minimum atomic E-state index is -3.71. The lowest BCUT2D eigenvalue weighted by molar-refractivity contribution is 0.517. The summed E-state index contributed by atoms with van der Waals surface area (Å²) in [6, 6.07) is 4.18. The lowest BCUT2D eigenvalue weighted by Gasteiger charge is -2.23. The maximum absolute atomic E-state index is 12.3. The third-order valence-corrected chi connectivity index (χ3v) is 6.97. The van der Waals surface area contributed by atoms with Gasteiger partial charge in [0.2, 0.25) is 10.0 Å². The molecular weight excluding hydrogens is 312 g/mol. The van der Waals surface area contributed by atoms with Crippen LogP contribution in [0.3, 0.4) is 0 Å². The molecule has 1 aliphatic rings. The van der Waals surface area contributed by atoms with Gasteiger partial charge >= 0.3 is 0 Å². The van der Waals surface area contributed by atoms with Gasteiger partial charge in [0.15, 0.2) is 9.84 Å². The quantitative estimate of drug-likeness (QED) is 0.825. The second kappa shape index (κ2) is 6.04. The SMILES string of the molecule is Cc1cc(S(=O)(=O)NC2CCCS(=O)(=O)C2)ccc1CN. The molecule has 2 rings (SSSR count). The molecule has 0 aromatic heterocycles. The molecule has 21 heavy (non-hydrogen) atoms. The van der Waals surface area contributed by atoms with Crippen molar-refractivity contribution in [2.45, 2.75) is 37.2 Å². The molecule has 1 fully saturated rings. The third kappa shape index (κ3) is 4.03. The van der Waals surface area contributed by atoms with Crippen LogP contribution in [-0.4, -0.2) is 34.4 Å². The predicted molar refractivity (Wildman–Crippen MR) is 81.1 cm³/mol. The van der Waals surface area contributed by atoms with Crippen molar-refractivity contribution in [3.63, 3.8) is 0 Å². The highest BCUT2D eigenvalue weighted by atomic mass is 32.2. The van der Waals surface area contributed by atoms with Gasteiger partial charge < -0.3 is 5.73 Å². The molecule has 1 saturated heterocycles. The van der Waals surface area contributed by atoms with Gasteiger partial charge in [-0.2, -0.15) is 0 Å². The molecule has 0 bridgehead atoms.